The Kier molecular flexibility index (Phi) is 5.47. The molecule has 0 fully saturated rings. The van der Waals surface area contributed by atoms with Gasteiger partial charge in [0.25, 0.3) is 5.56 Å². The Bertz CT molecular complexity index is 1170. The lowest BCUT2D eigenvalue weighted by molar-refractivity contribution is -0.118. The van der Waals surface area contributed by atoms with Crippen molar-refractivity contribution in [1.82, 2.24) is 9.97 Å². The summed E-state index contributed by atoms with van der Waals surface area (Å²) < 4.78 is 0. The van der Waals surface area contributed by atoms with Crippen LogP contribution in [0, 0.1) is 0 Å². The van der Waals surface area contributed by atoms with E-state index in [1.807, 2.05) is 78.9 Å². The number of carbonyl (C=O) groups is 1. The number of aromatic nitrogens is 2. The van der Waals surface area contributed by atoms with Crippen molar-refractivity contribution in [3.05, 3.63) is 107 Å². The normalized spacial score (nSPS) is 10.8. The molecule has 0 spiro atoms. The number of amides is 1. The fourth-order valence-corrected chi connectivity index (χ4v) is 3.31. The first kappa shape index (κ1) is 18.6. The largest absolute Gasteiger partial charge is 0.310 e. The van der Waals surface area contributed by atoms with Crippen LogP contribution in [-0.4, -0.2) is 15.9 Å². The van der Waals surface area contributed by atoms with Crippen molar-refractivity contribution in [3.63, 3.8) is 0 Å². The number of aryl methyl sites for hydroxylation is 1. The third kappa shape index (κ3) is 4.41. The second-order valence-corrected chi connectivity index (χ2v) is 6.83. The lowest BCUT2D eigenvalue weighted by atomic mass is 10.1. The number of carbonyl (C=O) groups excluding carboxylic acids is 1. The zero-order chi connectivity index (χ0) is 20.1. The fraction of sp³-hybridized carbons (Fsp3) is 0.125. The van der Waals surface area contributed by atoms with Crippen LogP contribution in [0.5, 0.6) is 0 Å². The first-order chi connectivity index (χ1) is 14.2. The van der Waals surface area contributed by atoms with Crippen LogP contribution in [0.15, 0.2) is 89.7 Å². The van der Waals surface area contributed by atoms with Crippen molar-refractivity contribution in [1.29, 1.82) is 0 Å². The molecular weight excluding hydrogens is 362 g/mol. The van der Waals surface area contributed by atoms with Crippen molar-refractivity contribution < 1.29 is 4.79 Å². The van der Waals surface area contributed by atoms with Crippen LogP contribution in [0.4, 0.5) is 5.69 Å². The van der Waals surface area contributed by atoms with Crippen LogP contribution in [0.3, 0.4) is 0 Å². The van der Waals surface area contributed by atoms with E-state index in [-0.39, 0.29) is 17.9 Å². The predicted molar refractivity (Wildman–Crippen MR) is 115 cm³/mol. The summed E-state index contributed by atoms with van der Waals surface area (Å²) in [7, 11) is 0. The summed E-state index contributed by atoms with van der Waals surface area (Å²) in [6, 6.07) is 26.7. The topological polar surface area (TPSA) is 66.1 Å². The van der Waals surface area contributed by atoms with Crippen LogP contribution in [0.1, 0.15) is 17.8 Å². The fourth-order valence-electron chi connectivity index (χ4n) is 3.31. The van der Waals surface area contributed by atoms with E-state index in [0.717, 1.165) is 11.3 Å². The quantitative estimate of drug-likeness (QED) is 0.545. The number of anilines is 1. The lowest BCUT2D eigenvalue weighted by Crippen LogP contribution is -2.30. The monoisotopic (exact) mass is 383 g/mol. The summed E-state index contributed by atoms with van der Waals surface area (Å²) >= 11 is 0. The maximum atomic E-state index is 13.1. The van der Waals surface area contributed by atoms with Crippen LogP contribution in [0.2, 0.25) is 0 Å². The summed E-state index contributed by atoms with van der Waals surface area (Å²) in [5.41, 5.74) is 2.37. The minimum Gasteiger partial charge on any atom is -0.310 e. The van der Waals surface area contributed by atoms with Crippen molar-refractivity contribution in [2.24, 2.45) is 0 Å². The summed E-state index contributed by atoms with van der Waals surface area (Å²) in [5, 5.41) is 0.553. The molecular formula is C24H21N3O2. The highest BCUT2D eigenvalue weighted by molar-refractivity contribution is 5.93. The van der Waals surface area contributed by atoms with Gasteiger partial charge in [0.1, 0.15) is 5.82 Å². The number of benzene rings is 3. The molecule has 5 nitrogen and oxygen atoms in total. The van der Waals surface area contributed by atoms with Crippen molar-refractivity contribution in [2.45, 2.75) is 19.4 Å². The van der Waals surface area contributed by atoms with E-state index in [1.54, 1.807) is 11.0 Å². The molecule has 144 valence electrons. The van der Waals surface area contributed by atoms with Gasteiger partial charge < -0.3 is 9.88 Å². The number of aromatic amines is 1. The van der Waals surface area contributed by atoms with Gasteiger partial charge in [-0.1, -0.05) is 60.7 Å². The summed E-state index contributed by atoms with van der Waals surface area (Å²) in [6.07, 6.45) is 0.625. The van der Waals surface area contributed by atoms with Crippen LogP contribution in [-0.2, 0) is 17.8 Å². The van der Waals surface area contributed by atoms with E-state index in [1.165, 1.54) is 0 Å². The van der Waals surface area contributed by atoms with Gasteiger partial charge in [-0.25, -0.2) is 4.98 Å². The number of hydrogen-bond donors (Lipinski definition) is 1. The Morgan fingerprint density at radius 3 is 2.28 bits per heavy atom. The molecule has 0 aliphatic heterocycles. The molecule has 0 saturated heterocycles. The third-order valence-electron chi connectivity index (χ3n) is 4.79. The van der Waals surface area contributed by atoms with E-state index in [0.29, 0.717) is 29.7 Å². The molecule has 1 amide bonds. The molecule has 0 atom stereocenters. The number of fused-ring (bicyclic) bond motifs is 1. The molecule has 4 rings (SSSR count). The van der Waals surface area contributed by atoms with Crippen LogP contribution in [0.25, 0.3) is 10.9 Å². The number of hydrogen-bond acceptors (Lipinski definition) is 3. The third-order valence-corrected chi connectivity index (χ3v) is 4.79. The van der Waals surface area contributed by atoms with Gasteiger partial charge in [0.05, 0.1) is 17.4 Å². The molecule has 0 aliphatic rings. The van der Waals surface area contributed by atoms with E-state index in [9.17, 15) is 9.59 Å². The maximum absolute atomic E-state index is 13.1. The number of para-hydroxylation sites is 2. The summed E-state index contributed by atoms with van der Waals surface area (Å²) in [4.78, 5) is 34.4. The molecule has 1 aromatic heterocycles. The molecule has 1 heterocycles. The minimum atomic E-state index is -0.178. The number of H-pyrrole nitrogens is 1. The summed E-state index contributed by atoms with van der Waals surface area (Å²) in [5.74, 6) is 0.505. The van der Waals surface area contributed by atoms with Crippen molar-refractivity contribution in [2.75, 3.05) is 4.90 Å². The Labute approximate surface area is 168 Å². The molecule has 0 radical (unpaired) electrons. The molecule has 5 heteroatoms. The lowest BCUT2D eigenvalue weighted by Gasteiger charge is -2.23. The Morgan fingerprint density at radius 1 is 0.862 bits per heavy atom. The van der Waals surface area contributed by atoms with Gasteiger partial charge in [-0.05, 0) is 29.8 Å². The highest BCUT2D eigenvalue weighted by Crippen LogP contribution is 2.19. The van der Waals surface area contributed by atoms with Gasteiger partial charge >= 0.3 is 0 Å². The van der Waals surface area contributed by atoms with Gasteiger partial charge in [0.2, 0.25) is 5.91 Å². The second kappa shape index (κ2) is 8.52. The SMILES string of the molecule is O=C(CCc1nc2ccccc2c(=O)[nH]1)N(Cc1ccccc1)c1ccccc1. The maximum Gasteiger partial charge on any atom is 0.258 e. The van der Waals surface area contributed by atoms with Gasteiger partial charge in [-0.2, -0.15) is 0 Å². The average molecular weight is 383 g/mol. The van der Waals surface area contributed by atoms with Crippen LogP contribution < -0.4 is 10.5 Å². The number of nitrogens with zero attached hydrogens (tertiary/aromatic N) is 2. The van der Waals surface area contributed by atoms with E-state index in [4.69, 9.17) is 0 Å². The molecule has 1 N–H and O–H groups in total. The molecule has 3 aromatic carbocycles. The zero-order valence-electron chi connectivity index (χ0n) is 15.9. The minimum absolute atomic E-state index is 0.0177. The van der Waals surface area contributed by atoms with Gasteiger partial charge in [0.15, 0.2) is 0 Å². The molecule has 0 bridgehead atoms. The molecule has 0 aliphatic carbocycles. The van der Waals surface area contributed by atoms with Crippen molar-refractivity contribution >= 4 is 22.5 Å². The Hall–Kier alpha value is -3.73. The Balaban J connectivity index is 1.54. The van der Waals surface area contributed by atoms with E-state index >= 15 is 0 Å². The molecule has 4 aromatic rings. The van der Waals surface area contributed by atoms with E-state index in [2.05, 4.69) is 9.97 Å². The molecule has 0 unspecified atom stereocenters. The van der Waals surface area contributed by atoms with Crippen molar-refractivity contribution in [3.8, 4) is 0 Å². The second-order valence-electron chi connectivity index (χ2n) is 6.83. The highest BCUT2D eigenvalue weighted by Gasteiger charge is 2.17. The van der Waals surface area contributed by atoms with Gasteiger partial charge in [-0.3, -0.25) is 9.59 Å². The molecule has 29 heavy (non-hydrogen) atoms. The first-order valence-corrected chi connectivity index (χ1v) is 9.58. The Morgan fingerprint density at radius 2 is 1.52 bits per heavy atom. The predicted octanol–water partition coefficient (Wildman–Crippen LogP) is 4.09. The van der Waals surface area contributed by atoms with E-state index < -0.39 is 0 Å². The number of rotatable bonds is 6. The highest BCUT2D eigenvalue weighted by atomic mass is 16.2. The van der Waals surface area contributed by atoms with Gasteiger partial charge in [0, 0.05) is 18.5 Å². The average Bonchev–Trinajstić information content (AvgIpc) is 2.77. The smallest absolute Gasteiger partial charge is 0.258 e. The first-order valence-electron chi connectivity index (χ1n) is 9.58. The zero-order valence-corrected chi connectivity index (χ0v) is 15.9. The van der Waals surface area contributed by atoms with Gasteiger partial charge in [-0.15, -0.1) is 0 Å². The summed E-state index contributed by atoms with van der Waals surface area (Å²) in [6.45, 7) is 0.491. The number of nitrogens with one attached hydrogen (secondary N) is 1. The standard InChI is InChI=1S/C24H21N3O2/c28-23(16-15-22-25-21-14-8-7-13-20(21)24(29)26-22)27(19-11-5-2-6-12-19)17-18-9-3-1-4-10-18/h1-14H,15-17H2,(H,25,26,29). The molecule has 0 saturated carbocycles. The van der Waals surface area contributed by atoms with Crippen LogP contribution >= 0.6 is 0 Å².